The molecule has 3 nitrogen and oxygen atoms in total. The minimum absolute atomic E-state index is 0.0652. The summed E-state index contributed by atoms with van der Waals surface area (Å²) in [6, 6.07) is 5.05. The fraction of sp³-hybridized carbons (Fsp3) is 0.0769. The Kier molecular flexibility index (Phi) is 3.80. The number of benzene rings is 1. The standard InChI is InChI=1S/C13H8BrF3N2O/c14-8-3-7(4-9(18)5-8)12(20)10-6-19-2-1-11(10)13(15,16)17/h1-6H,18H2. The number of pyridine rings is 1. The quantitative estimate of drug-likeness (QED) is 0.667. The fourth-order valence-electron chi connectivity index (χ4n) is 1.72. The lowest BCUT2D eigenvalue weighted by Crippen LogP contribution is -2.14. The number of aromatic nitrogens is 1. The van der Waals surface area contributed by atoms with Crippen molar-refractivity contribution in [3.8, 4) is 0 Å². The second kappa shape index (κ2) is 5.24. The van der Waals surface area contributed by atoms with Crippen molar-refractivity contribution in [2.24, 2.45) is 0 Å². The van der Waals surface area contributed by atoms with Crippen LogP contribution < -0.4 is 5.73 Å². The highest BCUT2D eigenvalue weighted by Gasteiger charge is 2.35. The minimum Gasteiger partial charge on any atom is -0.399 e. The molecule has 1 heterocycles. The Labute approximate surface area is 120 Å². The van der Waals surface area contributed by atoms with Gasteiger partial charge in [0, 0.05) is 28.1 Å². The van der Waals surface area contributed by atoms with Gasteiger partial charge in [0.25, 0.3) is 0 Å². The van der Waals surface area contributed by atoms with Gasteiger partial charge >= 0.3 is 6.18 Å². The van der Waals surface area contributed by atoms with Gasteiger partial charge in [-0.25, -0.2) is 0 Å². The van der Waals surface area contributed by atoms with E-state index in [1.165, 1.54) is 12.1 Å². The summed E-state index contributed by atoms with van der Waals surface area (Å²) in [5.74, 6) is -0.779. The maximum absolute atomic E-state index is 12.9. The number of ketones is 1. The number of nitrogen functional groups attached to an aromatic ring is 1. The molecule has 1 aromatic heterocycles. The Morgan fingerprint density at radius 1 is 1.25 bits per heavy atom. The SMILES string of the molecule is Nc1cc(Br)cc(C(=O)c2cnccc2C(F)(F)F)c1. The van der Waals surface area contributed by atoms with Crippen LogP contribution in [-0.2, 0) is 6.18 Å². The normalized spacial score (nSPS) is 11.4. The van der Waals surface area contributed by atoms with Crippen LogP contribution >= 0.6 is 15.9 Å². The first-order valence-corrected chi connectivity index (χ1v) is 6.20. The van der Waals surface area contributed by atoms with Gasteiger partial charge in [-0.15, -0.1) is 0 Å². The van der Waals surface area contributed by atoms with E-state index in [0.29, 0.717) is 4.47 Å². The van der Waals surface area contributed by atoms with E-state index < -0.39 is 23.1 Å². The maximum atomic E-state index is 12.9. The molecule has 0 radical (unpaired) electrons. The molecule has 2 N–H and O–H groups in total. The van der Waals surface area contributed by atoms with E-state index in [9.17, 15) is 18.0 Å². The molecule has 0 fully saturated rings. The van der Waals surface area contributed by atoms with Crippen LogP contribution in [-0.4, -0.2) is 10.8 Å². The number of alkyl halides is 3. The van der Waals surface area contributed by atoms with E-state index in [2.05, 4.69) is 20.9 Å². The largest absolute Gasteiger partial charge is 0.417 e. The highest BCUT2D eigenvalue weighted by molar-refractivity contribution is 9.10. The third kappa shape index (κ3) is 2.98. The zero-order valence-corrected chi connectivity index (χ0v) is 11.5. The molecule has 0 saturated heterocycles. The Morgan fingerprint density at radius 3 is 2.55 bits per heavy atom. The van der Waals surface area contributed by atoms with Crippen molar-refractivity contribution in [3.63, 3.8) is 0 Å². The van der Waals surface area contributed by atoms with Crippen LogP contribution in [0.25, 0.3) is 0 Å². The molecule has 104 valence electrons. The Hall–Kier alpha value is -1.89. The van der Waals surface area contributed by atoms with Gasteiger partial charge in [-0.1, -0.05) is 15.9 Å². The van der Waals surface area contributed by atoms with E-state index >= 15 is 0 Å². The third-order valence-corrected chi connectivity index (χ3v) is 3.01. The zero-order chi connectivity index (χ0) is 14.9. The molecular weight excluding hydrogens is 337 g/mol. The van der Waals surface area contributed by atoms with Gasteiger partial charge in [0.15, 0.2) is 5.78 Å². The van der Waals surface area contributed by atoms with Gasteiger partial charge in [-0.05, 0) is 24.3 Å². The Morgan fingerprint density at radius 2 is 1.95 bits per heavy atom. The third-order valence-electron chi connectivity index (χ3n) is 2.55. The predicted octanol–water partition coefficient (Wildman–Crippen LogP) is 3.68. The number of rotatable bonds is 2. The smallest absolute Gasteiger partial charge is 0.399 e. The van der Waals surface area contributed by atoms with Crippen LogP contribution in [0.1, 0.15) is 21.5 Å². The van der Waals surface area contributed by atoms with Crippen molar-refractivity contribution in [1.82, 2.24) is 4.98 Å². The molecule has 2 aromatic rings. The fourth-order valence-corrected chi connectivity index (χ4v) is 2.23. The molecule has 0 atom stereocenters. The summed E-state index contributed by atoms with van der Waals surface area (Å²) >= 11 is 3.14. The Balaban J connectivity index is 2.54. The van der Waals surface area contributed by atoms with E-state index in [1.807, 2.05) is 0 Å². The van der Waals surface area contributed by atoms with Crippen LogP contribution in [0.5, 0.6) is 0 Å². The second-order valence-electron chi connectivity index (χ2n) is 4.02. The highest BCUT2D eigenvalue weighted by atomic mass is 79.9. The van der Waals surface area contributed by atoms with Gasteiger partial charge in [0.05, 0.1) is 11.1 Å². The topological polar surface area (TPSA) is 56.0 Å². The van der Waals surface area contributed by atoms with E-state index in [4.69, 9.17) is 5.73 Å². The van der Waals surface area contributed by atoms with Crippen molar-refractivity contribution in [2.75, 3.05) is 5.73 Å². The number of halogens is 4. The number of hydrogen-bond donors (Lipinski definition) is 1. The van der Waals surface area contributed by atoms with Crippen molar-refractivity contribution >= 4 is 27.4 Å². The summed E-state index contributed by atoms with van der Waals surface area (Å²) in [6.07, 6.45) is -2.72. The van der Waals surface area contributed by atoms with Crippen molar-refractivity contribution in [1.29, 1.82) is 0 Å². The van der Waals surface area contributed by atoms with Crippen LogP contribution in [0.4, 0.5) is 18.9 Å². The number of anilines is 1. The first kappa shape index (κ1) is 14.5. The molecule has 0 aliphatic heterocycles. The molecule has 0 amide bonds. The van der Waals surface area contributed by atoms with Crippen LogP contribution in [0, 0.1) is 0 Å². The Bertz CT molecular complexity index is 651. The average molecular weight is 345 g/mol. The monoisotopic (exact) mass is 344 g/mol. The summed E-state index contributed by atoms with van der Waals surface area (Å²) in [5.41, 5.74) is 4.40. The predicted molar refractivity (Wildman–Crippen MR) is 71.2 cm³/mol. The molecular formula is C13H8BrF3N2O. The second-order valence-corrected chi connectivity index (χ2v) is 4.94. The number of hydrogen-bond acceptors (Lipinski definition) is 3. The van der Waals surface area contributed by atoms with Gasteiger partial charge < -0.3 is 5.73 Å². The van der Waals surface area contributed by atoms with Gasteiger partial charge in [0.2, 0.25) is 0 Å². The summed E-state index contributed by atoms with van der Waals surface area (Å²) in [7, 11) is 0. The maximum Gasteiger partial charge on any atom is 0.417 e. The lowest BCUT2D eigenvalue weighted by Gasteiger charge is -2.11. The van der Waals surface area contributed by atoms with Crippen LogP contribution in [0.2, 0.25) is 0 Å². The van der Waals surface area contributed by atoms with Crippen molar-refractivity contribution in [2.45, 2.75) is 6.18 Å². The number of nitrogens with two attached hydrogens (primary N) is 1. The summed E-state index contributed by atoms with van der Waals surface area (Å²) < 4.78 is 39.1. The molecule has 2 rings (SSSR count). The molecule has 0 spiro atoms. The lowest BCUT2D eigenvalue weighted by atomic mass is 10.00. The van der Waals surface area contributed by atoms with Crippen molar-refractivity contribution < 1.29 is 18.0 Å². The number of carbonyl (C=O) groups is 1. The first-order chi connectivity index (χ1) is 9.29. The number of carbonyl (C=O) groups excluding carboxylic acids is 1. The molecule has 0 aliphatic carbocycles. The minimum atomic E-state index is -4.62. The first-order valence-electron chi connectivity index (χ1n) is 5.41. The molecule has 0 saturated carbocycles. The van der Waals surface area contributed by atoms with E-state index in [-0.39, 0.29) is 11.3 Å². The average Bonchev–Trinajstić information content (AvgIpc) is 2.35. The van der Waals surface area contributed by atoms with Gasteiger partial charge in [-0.3, -0.25) is 9.78 Å². The molecule has 0 aliphatic rings. The van der Waals surface area contributed by atoms with Gasteiger partial charge in [0.1, 0.15) is 0 Å². The molecule has 1 aromatic carbocycles. The summed E-state index contributed by atoms with van der Waals surface area (Å²) in [4.78, 5) is 15.8. The molecule has 20 heavy (non-hydrogen) atoms. The molecule has 0 bridgehead atoms. The van der Waals surface area contributed by atoms with Crippen LogP contribution in [0.3, 0.4) is 0 Å². The van der Waals surface area contributed by atoms with Gasteiger partial charge in [-0.2, -0.15) is 13.2 Å². The molecule has 7 heteroatoms. The van der Waals surface area contributed by atoms with Crippen molar-refractivity contribution in [3.05, 3.63) is 57.8 Å². The summed E-state index contributed by atoms with van der Waals surface area (Å²) in [6.45, 7) is 0. The van der Waals surface area contributed by atoms with Crippen LogP contribution in [0.15, 0.2) is 41.1 Å². The lowest BCUT2D eigenvalue weighted by molar-refractivity contribution is -0.137. The number of nitrogens with zero attached hydrogens (tertiary/aromatic N) is 1. The zero-order valence-electron chi connectivity index (χ0n) is 9.91. The summed E-state index contributed by atoms with van der Waals surface area (Å²) in [5, 5.41) is 0. The molecule has 0 unspecified atom stereocenters. The highest BCUT2D eigenvalue weighted by Crippen LogP contribution is 2.32. The van der Waals surface area contributed by atoms with E-state index in [0.717, 1.165) is 18.5 Å². The van der Waals surface area contributed by atoms with E-state index in [1.54, 1.807) is 6.07 Å².